The minimum atomic E-state index is -4.19. The van der Waals surface area contributed by atoms with Crippen molar-refractivity contribution >= 4 is 55.1 Å². The molecule has 0 saturated carbocycles. The average Bonchev–Trinajstić information content (AvgIpc) is 2.95. The first-order valence-electron chi connectivity index (χ1n) is 13.3. The molecule has 3 aromatic rings. The summed E-state index contributed by atoms with van der Waals surface area (Å²) in [5.41, 5.74) is 1.06. The number of rotatable bonds is 13. The zero-order valence-corrected chi connectivity index (χ0v) is 26.7. The van der Waals surface area contributed by atoms with Gasteiger partial charge in [0.25, 0.3) is 10.0 Å². The number of carbonyl (C=O) groups excluding carboxylic acids is 2. The highest BCUT2D eigenvalue weighted by molar-refractivity contribution is 9.10. The highest BCUT2D eigenvalue weighted by Gasteiger charge is 2.32. The average molecular weight is 665 g/mol. The Balaban J connectivity index is 2.02. The van der Waals surface area contributed by atoms with E-state index in [2.05, 4.69) is 21.2 Å². The number of anilines is 1. The first-order valence-corrected chi connectivity index (χ1v) is 15.9. The molecule has 0 bridgehead atoms. The standard InChI is InChI=1S/C30H35BrClN3O5S/c1-5-21(3)33-30(37)22(4)34(19-23-7-9-24(31)10-8-23)29(36)20-35(26-13-15-27(16-14-26)40-6-2)41(38,39)28-17-11-25(32)12-18-28/h7-18,21-22H,5-6,19-20H2,1-4H3,(H,33,37)/t21-,22-/m1/s1. The molecule has 0 radical (unpaired) electrons. The third kappa shape index (κ3) is 8.70. The zero-order chi connectivity index (χ0) is 30.2. The monoisotopic (exact) mass is 663 g/mol. The van der Waals surface area contributed by atoms with E-state index in [1.807, 2.05) is 45.0 Å². The topological polar surface area (TPSA) is 96.0 Å². The molecular weight excluding hydrogens is 630 g/mol. The van der Waals surface area contributed by atoms with Crippen molar-refractivity contribution in [1.29, 1.82) is 0 Å². The smallest absolute Gasteiger partial charge is 0.264 e. The van der Waals surface area contributed by atoms with Gasteiger partial charge in [0, 0.05) is 22.1 Å². The molecule has 11 heteroatoms. The molecule has 220 valence electrons. The molecule has 0 fully saturated rings. The van der Waals surface area contributed by atoms with Gasteiger partial charge in [-0.05, 0) is 93.4 Å². The predicted molar refractivity (Wildman–Crippen MR) is 166 cm³/mol. The maximum absolute atomic E-state index is 14.0. The summed E-state index contributed by atoms with van der Waals surface area (Å²) in [6.07, 6.45) is 0.726. The van der Waals surface area contributed by atoms with Crippen LogP contribution in [-0.2, 0) is 26.2 Å². The molecule has 1 N–H and O–H groups in total. The molecule has 41 heavy (non-hydrogen) atoms. The lowest BCUT2D eigenvalue weighted by Crippen LogP contribution is -2.52. The van der Waals surface area contributed by atoms with Crippen molar-refractivity contribution in [1.82, 2.24) is 10.2 Å². The summed E-state index contributed by atoms with van der Waals surface area (Å²) in [5, 5.41) is 3.31. The fraction of sp³-hybridized carbons (Fsp3) is 0.333. The Labute approximate surface area is 255 Å². The number of hydrogen-bond donors (Lipinski definition) is 1. The van der Waals surface area contributed by atoms with Gasteiger partial charge in [-0.3, -0.25) is 13.9 Å². The molecule has 0 heterocycles. The van der Waals surface area contributed by atoms with Crippen LogP contribution in [0.1, 0.15) is 39.7 Å². The molecular formula is C30H35BrClN3O5S. The van der Waals surface area contributed by atoms with Crippen LogP contribution >= 0.6 is 27.5 Å². The first kappa shape index (κ1) is 32.4. The number of hydrogen-bond acceptors (Lipinski definition) is 5. The van der Waals surface area contributed by atoms with E-state index < -0.39 is 28.5 Å². The number of nitrogens with zero attached hydrogens (tertiary/aromatic N) is 2. The van der Waals surface area contributed by atoms with E-state index in [1.54, 1.807) is 31.2 Å². The molecule has 8 nitrogen and oxygen atoms in total. The van der Waals surface area contributed by atoms with Crippen molar-refractivity contribution in [3.8, 4) is 5.75 Å². The minimum Gasteiger partial charge on any atom is -0.494 e. The quantitative estimate of drug-likeness (QED) is 0.241. The Bertz CT molecular complexity index is 1420. The van der Waals surface area contributed by atoms with Gasteiger partial charge in [0.1, 0.15) is 18.3 Å². The van der Waals surface area contributed by atoms with Gasteiger partial charge in [0.15, 0.2) is 0 Å². The van der Waals surface area contributed by atoms with Crippen LogP contribution in [0.15, 0.2) is 82.2 Å². The van der Waals surface area contributed by atoms with E-state index in [4.69, 9.17) is 16.3 Å². The maximum atomic E-state index is 14.0. The first-order chi connectivity index (χ1) is 19.5. The van der Waals surface area contributed by atoms with Gasteiger partial charge in [-0.2, -0.15) is 0 Å². The minimum absolute atomic E-state index is 0.0226. The molecule has 0 aliphatic heterocycles. The molecule has 0 saturated heterocycles. The fourth-order valence-electron chi connectivity index (χ4n) is 3.97. The van der Waals surface area contributed by atoms with Crippen LogP contribution in [0.4, 0.5) is 5.69 Å². The molecule has 0 aliphatic rings. The summed E-state index contributed by atoms with van der Waals surface area (Å²) >= 11 is 9.42. The van der Waals surface area contributed by atoms with Gasteiger partial charge in [-0.15, -0.1) is 0 Å². The van der Waals surface area contributed by atoms with Gasteiger partial charge in [0.2, 0.25) is 11.8 Å². The Morgan fingerprint density at radius 2 is 1.56 bits per heavy atom. The van der Waals surface area contributed by atoms with E-state index in [0.717, 1.165) is 20.8 Å². The second-order valence-corrected chi connectivity index (χ2v) is 12.7. The Hall–Kier alpha value is -3.08. The Morgan fingerprint density at radius 3 is 2.12 bits per heavy atom. The Morgan fingerprint density at radius 1 is 0.951 bits per heavy atom. The molecule has 2 atom stereocenters. The lowest BCUT2D eigenvalue weighted by molar-refractivity contribution is -0.139. The normalized spacial score (nSPS) is 12.7. The summed E-state index contributed by atoms with van der Waals surface area (Å²) in [4.78, 5) is 28.5. The van der Waals surface area contributed by atoms with Crippen LogP contribution in [0.5, 0.6) is 5.75 Å². The van der Waals surface area contributed by atoms with E-state index >= 15 is 0 Å². The van der Waals surface area contributed by atoms with Gasteiger partial charge < -0.3 is 15.0 Å². The summed E-state index contributed by atoms with van der Waals surface area (Å²) in [6.45, 7) is 7.36. The molecule has 3 aromatic carbocycles. The van der Waals surface area contributed by atoms with Crippen LogP contribution in [0.25, 0.3) is 0 Å². The van der Waals surface area contributed by atoms with Crippen molar-refractivity contribution in [2.45, 2.75) is 57.6 Å². The van der Waals surface area contributed by atoms with E-state index in [-0.39, 0.29) is 29.1 Å². The van der Waals surface area contributed by atoms with Crippen molar-refractivity contribution in [3.05, 3.63) is 87.9 Å². The van der Waals surface area contributed by atoms with Gasteiger partial charge in [-0.1, -0.05) is 46.6 Å². The lowest BCUT2D eigenvalue weighted by atomic mass is 10.1. The lowest BCUT2D eigenvalue weighted by Gasteiger charge is -2.32. The van der Waals surface area contributed by atoms with E-state index in [0.29, 0.717) is 17.4 Å². The van der Waals surface area contributed by atoms with Crippen molar-refractivity contribution in [2.24, 2.45) is 0 Å². The third-order valence-corrected chi connectivity index (χ3v) is 9.12. The highest BCUT2D eigenvalue weighted by atomic mass is 79.9. The second-order valence-electron chi connectivity index (χ2n) is 9.53. The SMILES string of the molecule is CCOc1ccc(N(CC(=O)N(Cc2ccc(Br)cc2)[C@H](C)C(=O)N[C@H](C)CC)S(=O)(=O)c2ccc(Cl)cc2)cc1. The molecule has 0 unspecified atom stereocenters. The van der Waals surface area contributed by atoms with Gasteiger partial charge in [-0.25, -0.2) is 8.42 Å². The summed E-state index contributed by atoms with van der Waals surface area (Å²) in [7, 11) is -4.19. The number of halogens is 2. The van der Waals surface area contributed by atoms with Crippen LogP contribution in [0.2, 0.25) is 5.02 Å². The number of nitrogens with one attached hydrogen (secondary N) is 1. The van der Waals surface area contributed by atoms with Gasteiger partial charge in [0.05, 0.1) is 17.2 Å². The van der Waals surface area contributed by atoms with Crippen molar-refractivity contribution in [3.63, 3.8) is 0 Å². The molecule has 3 rings (SSSR count). The summed E-state index contributed by atoms with van der Waals surface area (Å²) < 4.78 is 35.2. The molecule has 2 amide bonds. The van der Waals surface area contributed by atoms with Crippen LogP contribution in [-0.4, -0.2) is 50.4 Å². The third-order valence-electron chi connectivity index (χ3n) is 6.55. The highest BCUT2D eigenvalue weighted by Crippen LogP contribution is 2.27. The number of sulfonamides is 1. The van der Waals surface area contributed by atoms with Crippen LogP contribution in [0, 0.1) is 0 Å². The van der Waals surface area contributed by atoms with E-state index in [1.165, 1.54) is 29.2 Å². The van der Waals surface area contributed by atoms with Gasteiger partial charge >= 0.3 is 0 Å². The molecule has 0 aliphatic carbocycles. The molecule has 0 aromatic heterocycles. The van der Waals surface area contributed by atoms with Crippen molar-refractivity contribution < 1.29 is 22.7 Å². The molecule has 0 spiro atoms. The summed E-state index contributed by atoms with van der Waals surface area (Å²) in [6, 6.07) is 18.7. The zero-order valence-electron chi connectivity index (χ0n) is 23.5. The number of amides is 2. The second kappa shape index (κ2) is 14.7. The van der Waals surface area contributed by atoms with Crippen LogP contribution < -0.4 is 14.4 Å². The summed E-state index contributed by atoms with van der Waals surface area (Å²) in [5.74, 6) is -0.289. The fourth-order valence-corrected chi connectivity index (χ4v) is 5.78. The number of carbonyl (C=O) groups is 2. The number of benzene rings is 3. The van der Waals surface area contributed by atoms with E-state index in [9.17, 15) is 18.0 Å². The van der Waals surface area contributed by atoms with Crippen LogP contribution in [0.3, 0.4) is 0 Å². The maximum Gasteiger partial charge on any atom is 0.264 e. The van der Waals surface area contributed by atoms with Crippen molar-refractivity contribution in [2.75, 3.05) is 17.5 Å². The largest absolute Gasteiger partial charge is 0.494 e. The Kier molecular flexibility index (Phi) is 11.6. The predicted octanol–water partition coefficient (Wildman–Crippen LogP) is 6.03. The number of ether oxygens (including phenoxy) is 1.